The number of hydrogen-bond acceptors (Lipinski definition) is 6. The number of carbonyl (C=O) groups excluding carboxylic acids is 2. The predicted molar refractivity (Wildman–Crippen MR) is 128 cm³/mol. The molecular formula is C24H22Cl2F3N3O5. The van der Waals surface area contributed by atoms with Gasteiger partial charge in [0.15, 0.2) is 17.6 Å². The molecule has 3 atom stereocenters. The lowest BCUT2D eigenvalue weighted by Crippen LogP contribution is -2.52. The van der Waals surface area contributed by atoms with Crippen LogP contribution in [0.15, 0.2) is 24.3 Å². The van der Waals surface area contributed by atoms with E-state index in [-0.39, 0.29) is 40.2 Å². The quantitative estimate of drug-likeness (QED) is 0.525. The first-order valence-electron chi connectivity index (χ1n) is 12.2. The number of amides is 2. The van der Waals surface area contributed by atoms with Crippen molar-refractivity contribution in [2.75, 3.05) is 22.9 Å². The van der Waals surface area contributed by atoms with Gasteiger partial charge in [-0.15, -0.1) is 0 Å². The van der Waals surface area contributed by atoms with Crippen molar-refractivity contribution >= 4 is 46.5 Å². The van der Waals surface area contributed by atoms with Gasteiger partial charge in [-0.25, -0.2) is 4.98 Å². The summed E-state index contributed by atoms with van der Waals surface area (Å²) in [4.78, 5) is 33.6. The van der Waals surface area contributed by atoms with E-state index in [9.17, 15) is 22.8 Å². The summed E-state index contributed by atoms with van der Waals surface area (Å²) in [6.07, 6.45) is -7.69. The number of aromatic nitrogens is 1. The van der Waals surface area contributed by atoms with Crippen LogP contribution in [-0.2, 0) is 25.2 Å². The van der Waals surface area contributed by atoms with Crippen molar-refractivity contribution in [3.63, 3.8) is 0 Å². The molecule has 2 fully saturated rings. The number of anilines is 2. The Morgan fingerprint density at radius 1 is 1.24 bits per heavy atom. The second-order valence-electron chi connectivity index (χ2n) is 9.17. The van der Waals surface area contributed by atoms with Crippen molar-refractivity contribution in [1.29, 1.82) is 0 Å². The minimum absolute atomic E-state index is 0.0525. The molecule has 2 aromatic rings. The van der Waals surface area contributed by atoms with Gasteiger partial charge in [-0.3, -0.25) is 14.5 Å². The van der Waals surface area contributed by atoms with Crippen molar-refractivity contribution in [3.05, 3.63) is 45.6 Å². The minimum Gasteiger partial charge on any atom is -0.490 e. The van der Waals surface area contributed by atoms with Crippen LogP contribution in [0.5, 0.6) is 5.75 Å². The number of benzene rings is 1. The number of pyridine rings is 1. The average molecular weight is 562 g/mol. The van der Waals surface area contributed by atoms with Crippen LogP contribution in [0, 0.1) is 6.92 Å². The molecule has 0 N–H and O–H groups in total. The number of nitrogens with zero attached hydrogens (tertiary/aromatic N) is 3. The zero-order chi connectivity index (χ0) is 28.7. The highest BCUT2D eigenvalue weighted by Crippen LogP contribution is 2.45. The van der Waals surface area contributed by atoms with Crippen molar-refractivity contribution in [3.8, 4) is 5.75 Å². The molecule has 0 unspecified atom stereocenters. The van der Waals surface area contributed by atoms with Gasteiger partial charge in [-0.05, 0) is 51.5 Å². The summed E-state index contributed by atoms with van der Waals surface area (Å²) >= 11 is 12.4. The van der Waals surface area contributed by atoms with Crippen LogP contribution in [0.3, 0.4) is 0 Å². The third kappa shape index (κ3) is 4.52. The maximum Gasteiger partial charge on any atom is 0.416 e. The fourth-order valence-electron chi connectivity index (χ4n) is 4.64. The Labute approximate surface area is 223 Å². The van der Waals surface area contributed by atoms with Gasteiger partial charge >= 0.3 is 6.18 Å². The Bertz CT molecular complexity index is 1380. The minimum atomic E-state index is -4.76. The van der Waals surface area contributed by atoms with Gasteiger partial charge in [-0.1, -0.05) is 23.2 Å². The molecule has 37 heavy (non-hydrogen) atoms. The first-order chi connectivity index (χ1) is 18.0. The number of alkyl halides is 3. The van der Waals surface area contributed by atoms with Crippen LogP contribution >= 0.6 is 23.2 Å². The van der Waals surface area contributed by atoms with Crippen LogP contribution in [0.2, 0.25) is 10.0 Å². The molecule has 13 heteroatoms. The largest absolute Gasteiger partial charge is 0.490 e. The monoisotopic (exact) mass is 561 g/mol. The zero-order valence-electron chi connectivity index (χ0n) is 21.7. The highest BCUT2D eigenvalue weighted by Gasteiger charge is 2.61. The second-order valence-corrected chi connectivity index (χ2v) is 9.95. The summed E-state index contributed by atoms with van der Waals surface area (Å²) in [5.74, 6) is -3.66. The molecule has 3 aliphatic rings. The summed E-state index contributed by atoms with van der Waals surface area (Å²) in [7, 11) is 0. The van der Waals surface area contributed by atoms with Crippen LogP contribution in [0.25, 0.3) is 0 Å². The normalized spacial score (nSPS) is 27.1. The second kappa shape index (κ2) is 9.00. The molecule has 1 aromatic heterocycles. The molecule has 8 nitrogen and oxygen atoms in total. The lowest BCUT2D eigenvalue weighted by atomic mass is 10.1. The zero-order valence-corrected chi connectivity index (χ0v) is 21.2. The van der Waals surface area contributed by atoms with Crippen LogP contribution in [0.1, 0.15) is 34.3 Å². The standard InChI is InChI=1S/C24H22Cl2F3N3O5/c1-11-9-12(24(27,28)29)10-15(30-11)32-17(19-20(22(32)34)37-23(2,3)36-19)21(33)31-7-4-8-35-18-14(31)6-5-13(25)16(18)26/h5-6,9-10,17,19-20H,4,7-8H2,1-3H3/t17-,19-,20-/m0/s1/i7D2. The van der Waals surface area contributed by atoms with E-state index in [0.717, 1.165) is 15.9 Å². The van der Waals surface area contributed by atoms with Gasteiger partial charge in [-0.2, -0.15) is 13.2 Å². The highest BCUT2D eigenvalue weighted by atomic mass is 35.5. The van der Waals surface area contributed by atoms with E-state index in [2.05, 4.69) is 4.98 Å². The fourth-order valence-corrected chi connectivity index (χ4v) is 5.00. The number of aryl methyl sites for hydroxylation is 1. The lowest BCUT2D eigenvalue weighted by Gasteiger charge is -2.33. The van der Waals surface area contributed by atoms with Gasteiger partial charge in [0, 0.05) is 14.9 Å². The molecular weight excluding hydrogens is 538 g/mol. The summed E-state index contributed by atoms with van der Waals surface area (Å²) in [6.45, 7) is 1.84. The fraction of sp³-hybridized carbons (Fsp3) is 0.458. The van der Waals surface area contributed by atoms with E-state index in [1.165, 1.54) is 32.9 Å². The van der Waals surface area contributed by atoms with E-state index in [4.69, 9.17) is 40.2 Å². The maximum atomic E-state index is 14.4. The summed E-state index contributed by atoms with van der Waals surface area (Å²) in [5.41, 5.74) is -1.20. The van der Waals surface area contributed by atoms with E-state index < -0.39 is 59.9 Å². The Morgan fingerprint density at radius 2 is 1.97 bits per heavy atom. The Morgan fingerprint density at radius 3 is 2.68 bits per heavy atom. The number of carbonyl (C=O) groups is 2. The maximum absolute atomic E-state index is 14.4. The number of halogens is 5. The lowest BCUT2D eigenvalue weighted by molar-refractivity contribution is -0.161. The number of ether oxygens (including phenoxy) is 3. The van der Waals surface area contributed by atoms with Crippen LogP contribution in [-0.4, -0.2) is 53.9 Å². The van der Waals surface area contributed by atoms with Crippen molar-refractivity contribution in [2.45, 2.75) is 57.4 Å². The third-order valence-corrected chi connectivity index (χ3v) is 6.86. The SMILES string of the molecule is [2H]C1([2H])CCOc2c(ccc(Cl)c2Cl)N1C(=O)[C@@H]1[C@@H]2OC(C)(C)O[C@@H]2C(=O)N1c1cc(C(F)(F)F)cc(C)n1. The Kier molecular flexibility index (Phi) is 5.72. The van der Waals surface area contributed by atoms with Gasteiger partial charge in [0.25, 0.3) is 11.8 Å². The number of rotatable bonds is 2. The molecule has 0 spiro atoms. The van der Waals surface area contributed by atoms with Crippen molar-refractivity contribution in [2.24, 2.45) is 0 Å². The van der Waals surface area contributed by atoms with E-state index >= 15 is 0 Å². The molecule has 2 saturated heterocycles. The summed E-state index contributed by atoms with van der Waals surface area (Å²) in [5, 5.41) is 0.0413. The summed E-state index contributed by atoms with van der Waals surface area (Å²) in [6, 6.07) is 2.51. The first-order valence-corrected chi connectivity index (χ1v) is 12.0. The van der Waals surface area contributed by atoms with E-state index in [1.54, 1.807) is 0 Å². The Balaban J connectivity index is 1.68. The van der Waals surface area contributed by atoms with Gasteiger partial charge in [0.05, 0.1) is 22.9 Å². The van der Waals surface area contributed by atoms with Crippen LogP contribution in [0.4, 0.5) is 24.7 Å². The predicted octanol–water partition coefficient (Wildman–Crippen LogP) is 4.77. The average Bonchev–Trinajstić information content (AvgIpc) is 3.21. The van der Waals surface area contributed by atoms with Gasteiger partial charge < -0.3 is 19.1 Å². The molecule has 0 aliphatic carbocycles. The summed E-state index contributed by atoms with van der Waals surface area (Å²) < 4.78 is 75.6. The van der Waals surface area contributed by atoms with Crippen LogP contribution < -0.4 is 14.5 Å². The van der Waals surface area contributed by atoms with E-state index in [0.29, 0.717) is 6.07 Å². The molecule has 4 heterocycles. The Hall–Kier alpha value is -2.60. The molecule has 0 radical (unpaired) electrons. The molecule has 0 saturated carbocycles. The molecule has 5 rings (SSSR count). The van der Waals surface area contributed by atoms with E-state index in [1.807, 2.05) is 0 Å². The molecule has 0 bridgehead atoms. The first kappa shape index (κ1) is 23.5. The van der Waals surface area contributed by atoms with Gasteiger partial charge in [0.1, 0.15) is 23.0 Å². The topological polar surface area (TPSA) is 81.2 Å². The number of fused-ring (bicyclic) bond motifs is 2. The molecule has 3 aliphatic heterocycles. The highest BCUT2D eigenvalue weighted by molar-refractivity contribution is 6.43. The third-order valence-electron chi connectivity index (χ3n) is 6.08. The smallest absolute Gasteiger partial charge is 0.416 e. The molecule has 2 amide bonds. The molecule has 198 valence electrons. The van der Waals surface area contributed by atoms with Crippen molar-refractivity contribution in [1.82, 2.24) is 4.98 Å². The number of hydrogen-bond donors (Lipinski definition) is 0. The van der Waals surface area contributed by atoms with Crippen molar-refractivity contribution < 1.29 is 39.7 Å². The molecule has 1 aromatic carbocycles. The van der Waals surface area contributed by atoms with Gasteiger partial charge in [0.2, 0.25) is 0 Å².